The normalized spacial score (nSPS) is 14.9. The number of thiazole rings is 1. The Morgan fingerprint density at radius 1 is 1.12 bits per heavy atom. The number of cyclic esters (lactones) is 1. The number of carbonyl (C=O) groups excluding carboxylic acids is 2. The maximum Gasteiger partial charge on any atom is 0.363 e. The quantitative estimate of drug-likeness (QED) is 0.373. The number of rotatable bonds is 4. The molecule has 0 bridgehead atoms. The van der Waals surface area contributed by atoms with Crippen molar-refractivity contribution in [2.45, 2.75) is 33.1 Å². The number of aliphatic imine (C=N–C) groups is 1. The Balaban J connectivity index is 1.61. The lowest BCUT2D eigenvalue weighted by Crippen LogP contribution is -2.23. The van der Waals surface area contributed by atoms with Crippen LogP contribution in [0.1, 0.15) is 44.5 Å². The smallest absolute Gasteiger partial charge is 0.363 e. The Morgan fingerprint density at radius 2 is 1.82 bits per heavy atom. The molecule has 8 heteroatoms. The zero-order valence-corrected chi connectivity index (χ0v) is 19.4. The van der Waals surface area contributed by atoms with Crippen LogP contribution >= 0.6 is 11.3 Å². The molecule has 33 heavy (non-hydrogen) atoms. The van der Waals surface area contributed by atoms with Crippen LogP contribution in [0.5, 0.6) is 0 Å². The highest BCUT2D eigenvalue weighted by Crippen LogP contribution is 2.32. The van der Waals surface area contributed by atoms with Gasteiger partial charge in [-0.15, -0.1) is 11.3 Å². The molecule has 3 aromatic rings. The van der Waals surface area contributed by atoms with Crippen molar-refractivity contribution in [3.63, 3.8) is 0 Å². The van der Waals surface area contributed by atoms with Crippen LogP contribution in [0.25, 0.3) is 6.08 Å². The highest BCUT2D eigenvalue weighted by Gasteiger charge is 2.26. The molecule has 0 spiro atoms. The van der Waals surface area contributed by atoms with Crippen LogP contribution in [0.3, 0.4) is 0 Å². The Bertz CT molecular complexity index is 1290. The van der Waals surface area contributed by atoms with E-state index in [1.807, 2.05) is 24.3 Å². The molecule has 0 aliphatic carbocycles. The highest BCUT2D eigenvalue weighted by molar-refractivity contribution is 7.14. The number of benzene rings is 2. The average molecular weight is 464 g/mol. The number of ether oxygens (including phenoxy) is 1. The second-order valence-electron chi connectivity index (χ2n) is 8.52. The number of nitrogens with zero attached hydrogens (tertiary/aromatic N) is 3. The third-order valence-electron chi connectivity index (χ3n) is 5.01. The van der Waals surface area contributed by atoms with Crippen LogP contribution < -0.4 is 4.90 Å². The zero-order valence-electron chi connectivity index (χ0n) is 18.6. The summed E-state index contributed by atoms with van der Waals surface area (Å²) in [7, 11) is 0. The van der Waals surface area contributed by atoms with Gasteiger partial charge in [-0.2, -0.15) is 0 Å². The Kier molecular flexibility index (Phi) is 5.95. The molecule has 1 aromatic heterocycles. The predicted molar refractivity (Wildman–Crippen MR) is 127 cm³/mol. The van der Waals surface area contributed by atoms with Gasteiger partial charge in [0, 0.05) is 17.9 Å². The van der Waals surface area contributed by atoms with Crippen LogP contribution in [0.4, 0.5) is 15.2 Å². The lowest BCUT2D eigenvalue weighted by atomic mass is 9.87. The minimum Gasteiger partial charge on any atom is -0.402 e. The van der Waals surface area contributed by atoms with Gasteiger partial charge in [-0.1, -0.05) is 45.0 Å². The number of aromatic nitrogens is 1. The van der Waals surface area contributed by atoms with Gasteiger partial charge in [0.05, 0.1) is 11.4 Å². The Labute approximate surface area is 195 Å². The summed E-state index contributed by atoms with van der Waals surface area (Å²) in [5, 5.41) is 1.95. The molecule has 168 valence electrons. The highest BCUT2D eigenvalue weighted by atomic mass is 32.1. The number of amides is 1. The number of halogens is 1. The van der Waals surface area contributed by atoms with Gasteiger partial charge >= 0.3 is 5.97 Å². The van der Waals surface area contributed by atoms with Gasteiger partial charge in [-0.25, -0.2) is 19.2 Å². The van der Waals surface area contributed by atoms with Gasteiger partial charge in [-0.05, 0) is 41.3 Å². The van der Waals surface area contributed by atoms with Crippen LogP contribution in [-0.2, 0) is 19.7 Å². The fraction of sp³-hybridized carbons (Fsp3) is 0.200. The van der Waals surface area contributed by atoms with E-state index in [-0.39, 0.29) is 33.7 Å². The average Bonchev–Trinajstić information content (AvgIpc) is 3.36. The SMILES string of the molecule is CC(=O)N(c1nc(C=C2N=C(c3ccc(C(C)(C)C)cc3)OC2=O)cs1)c1ccccc1F. The van der Waals surface area contributed by atoms with E-state index in [9.17, 15) is 14.0 Å². The number of para-hydroxylation sites is 1. The summed E-state index contributed by atoms with van der Waals surface area (Å²) in [4.78, 5) is 34.5. The monoisotopic (exact) mass is 463 g/mol. The summed E-state index contributed by atoms with van der Waals surface area (Å²) in [6.45, 7) is 7.70. The van der Waals surface area contributed by atoms with E-state index in [0.29, 0.717) is 11.3 Å². The molecule has 2 heterocycles. The maximum absolute atomic E-state index is 14.3. The van der Waals surface area contributed by atoms with Crippen molar-refractivity contribution in [1.29, 1.82) is 0 Å². The second-order valence-corrected chi connectivity index (χ2v) is 9.36. The standard InChI is InChI=1S/C25H22FN3O3S/c1-15(30)29(21-8-6-5-7-19(21)26)24-27-18(14-33-24)13-20-23(31)32-22(28-20)16-9-11-17(12-10-16)25(2,3)4/h5-14H,1-4H3. The fourth-order valence-electron chi connectivity index (χ4n) is 3.27. The fourth-order valence-corrected chi connectivity index (χ4v) is 4.11. The molecule has 0 unspecified atom stereocenters. The zero-order chi connectivity index (χ0) is 23.8. The van der Waals surface area contributed by atoms with Gasteiger partial charge in [0.1, 0.15) is 5.82 Å². The van der Waals surface area contributed by atoms with Gasteiger partial charge in [0.15, 0.2) is 10.8 Å². The second kappa shape index (κ2) is 8.71. The first-order chi connectivity index (χ1) is 15.6. The maximum atomic E-state index is 14.3. The van der Waals surface area contributed by atoms with Crippen molar-refractivity contribution in [3.8, 4) is 0 Å². The van der Waals surface area contributed by atoms with E-state index in [1.54, 1.807) is 17.5 Å². The predicted octanol–water partition coefficient (Wildman–Crippen LogP) is 5.61. The van der Waals surface area contributed by atoms with Gasteiger partial charge in [-0.3, -0.25) is 9.69 Å². The molecular formula is C25H22FN3O3S. The van der Waals surface area contributed by atoms with Gasteiger partial charge < -0.3 is 4.74 Å². The summed E-state index contributed by atoms with van der Waals surface area (Å²) in [5.74, 6) is -1.28. The molecule has 2 aromatic carbocycles. The van der Waals surface area contributed by atoms with Crippen molar-refractivity contribution in [2.75, 3.05) is 4.90 Å². The molecule has 0 N–H and O–H groups in total. The van der Waals surface area contributed by atoms with Crippen LogP contribution in [0, 0.1) is 5.82 Å². The van der Waals surface area contributed by atoms with Crippen LogP contribution in [0.2, 0.25) is 0 Å². The molecule has 4 rings (SSSR count). The van der Waals surface area contributed by atoms with Crippen molar-refractivity contribution in [3.05, 3.63) is 82.2 Å². The number of anilines is 2. The van der Waals surface area contributed by atoms with Crippen molar-refractivity contribution >= 4 is 46.0 Å². The number of hydrogen-bond acceptors (Lipinski definition) is 6. The lowest BCUT2D eigenvalue weighted by Gasteiger charge is -2.18. The first-order valence-electron chi connectivity index (χ1n) is 10.3. The summed E-state index contributed by atoms with van der Waals surface area (Å²) >= 11 is 1.16. The molecule has 0 fully saturated rings. The van der Waals surface area contributed by atoms with E-state index in [1.165, 1.54) is 30.0 Å². The molecule has 0 saturated carbocycles. The first kappa shape index (κ1) is 22.5. The summed E-state index contributed by atoms with van der Waals surface area (Å²) in [6.07, 6.45) is 1.48. The van der Waals surface area contributed by atoms with Crippen molar-refractivity contribution in [2.24, 2.45) is 4.99 Å². The van der Waals surface area contributed by atoms with E-state index < -0.39 is 11.8 Å². The number of hydrogen-bond donors (Lipinski definition) is 0. The van der Waals surface area contributed by atoms with Gasteiger partial charge in [0.25, 0.3) is 0 Å². The van der Waals surface area contributed by atoms with Crippen molar-refractivity contribution < 1.29 is 18.7 Å². The molecule has 1 aliphatic heterocycles. The number of esters is 1. The molecular weight excluding hydrogens is 441 g/mol. The lowest BCUT2D eigenvalue weighted by molar-refractivity contribution is -0.130. The van der Waals surface area contributed by atoms with E-state index in [2.05, 4.69) is 30.7 Å². The summed E-state index contributed by atoms with van der Waals surface area (Å²) in [6, 6.07) is 13.7. The van der Waals surface area contributed by atoms with Crippen molar-refractivity contribution in [1.82, 2.24) is 4.98 Å². The van der Waals surface area contributed by atoms with Crippen LogP contribution in [0.15, 0.2) is 64.6 Å². The van der Waals surface area contributed by atoms with E-state index in [0.717, 1.165) is 16.9 Å². The van der Waals surface area contributed by atoms with Gasteiger partial charge in [0.2, 0.25) is 11.8 Å². The summed E-state index contributed by atoms with van der Waals surface area (Å²) in [5.41, 5.74) is 2.49. The molecule has 0 radical (unpaired) electrons. The molecule has 1 aliphatic rings. The topological polar surface area (TPSA) is 71.9 Å². The Morgan fingerprint density at radius 3 is 2.45 bits per heavy atom. The minimum atomic E-state index is -0.586. The summed E-state index contributed by atoms with van der Waals surface area (Å²) < 4.78 is 19.6. The van der Waals surface area contributed by atoms with E-state index >= 15 is 0 Å². The Hall–Kier alpha value is -3.65. The van der Waals surface area contributed by atoms with Crippen LogP contribution in [-0.4, -0.2) is 22.8 Å². The molecule has 1 amide bonds. The molecule has 0 atom stereocenters. The number of carbonyl (C=O) groups is 2. The molecule has 0 saturated heterocycles. The van der Waals surface area contributed by atoms with E-state index in [4.69, 9.17) is 4.74 Å². The third-order valence-corrected chi connectivity index (χ3v) is 5.86. The third kappa shape index (κ3) is 4.75. The minimum absolute atomic E-state index is 0.0104. The first-order valence-corrected chi connectivity index (χ1v) is 11.2. The molecule has 6 nitrogen and oxygen atoms in total. The largest absolute Gasteiger partial charge is 0.402 e.